The Morgan fingerprint density at radius 1 is 1.19 bits per heavy atom. The van der Waals surface area contributed by atoms with Crippen molar-refractivity contribution in [3.8, 4) is 17.1 Å². The van der Waals surface area contributed by atoms with Gasteiger partial charge >= 0.3 is 0 Å². The van der Waals surface area contributed by atoms with E-state index < -0.39 is 0 Å². The van der Waals surface area contributed by atoms with Crippen LogP contribution in [0.3, 0.4) is 0 Å². The molecule has 8 heteroatoms. The van der Waals surface area contributed by atoms with Crippen LogP contribution in [-0.2, 0) is 0 Å². The lowest BCUT2D eigenvalue weighted by Gasteiger charge is -2.15. The van der Waals surface area contributed by atoms with Crippen molar-refractivity contribution >= 4 is 29.1 Å². The molecule has 132 valence electrons. The van der Waals surface area contributed by atoms with Crippen molar-refractivity contribution in [3.05, 3.63) is 58.9 Å². The number of ether oxygens (including phenoxy) is 1. The maximum atomic E-state index is 13.6. The molecule has 0 radical (unpaired) electrons. The Kier molecular flexibility index (Phi) is 4.65. The minimum Gasteiger partial charge on any atom is -0.492 e. The molecule has 2 aromatic carbocycles. The summed E-state index contributed by atoms with van der Waals surface area (Å²) in [5, 5.41) is 14.2. The lowest BCUT2D eigenvalue weighted by atomic mass is 10.1. The molecule has 0 aliphatic carbocycles. The summed E-state index contributed by atoms with van der Waals surface area (Å²) >= 11 is 7.81. The lowest BCUT2D eigenvalue weighted by Crippen LogP contribution is -2.14. The fourth-order valence-corrected chi connectivity index (χ4v) is 3.70. The Bertz CT molecular complexity index is 1000. The molecule has 5 nitrogen and oxygen atoms in total. The summed E-state index contributed by atoms with van der Waals surface area (Å²) in [6.07, 6.45) is 0. The third-order valence-electron chi connectivity index (χ3n) is 3.82. The van der Waals surface area contributed by atoms with Crippen molar-refractivity contribution in [2.24, 2.45) is 5.10 Å². The number of benzene rings is 2. The van der Waals surface area contributed by atoms with Crippen molar-refractivity contribution in [3.63, 3.8) is 0 Å². The highest BCUT2D eigenvalue weighted by atomic mass is 35.5. The molecule has 0 bridgehead atoms. The molecule has 0 saturated carbocycles. The van der Waals surface area contributed by atoms with Crippen LogP contribution < -0.4 is 4.74 Å². The van der Waals surface area contributed by atoms with E-state index in [2.05, 4.69) is 15.3 Å². The van der Waals surface area contributed by atoms with Crippen molar-refractivity contribution in [1.29, 1.82) is 0 Å². The van der Waals surface area contributed by atoms with Gasteiger partial charge in [-0.05, 0) is 37.3 Å². The summed E-state index contributed by atoms with van der Waals surface area (Å²) in [5.74, 6) is 1.46. The molecule has 0 atom stereocenters. The Labute approximate surface area is 158 Å². The Morgan fingerprint density at radius 3 is 2.85 bits per heavy atom. The Balaban J connectivity index is 1.73. The van der Waals surface area contributed by atoms with Crippen molar-refractivity contribution < 1.29 is 9.13 Å². The lowest BCUT2D eigenvalue weighted by molar-refractivity contribution is 0.340. The van der Waals surface area contributed by atoms with Crippen LogP contribution >= 0.6 is 23.4 Å². The molecular weight excluding hydrogens is 375 g/mol. The van der Waals surface area contributed by atoms with Gasteiger partial charge in [0.1, 0.15) is 11.6 Å². The second kappa shape index (κ2) is 7.09. The number of halogens is 2. The quantitative estimate of drug-likeness (QED) is 0.660. The Morgan fingerprint density at radius 2 is 2.08 bits per heavy atom. The normalized spacial score (nSPS) is 13.3. The van der Waals surface area contributed by atoms with Crippen LogP contribution in [0.5, 0.6) is 5.75 Å². The van der Waals surface area contributed by atoms with Gasteiger partial charge in [-0.15, -0.1) is 10.2 Å². The van der Waals surface area contributed by atoms with E-state index in [4.69, 9.17) is 16.3 Å². The van der Waals surface area contributed by atoms with Crippen molar-refractivity contribution in [2.75, 3.05) is 12.4 Å². The average molecular weight is 389 g/mol. The molecule has 0 unspecified atom stereocenters. The van der Waals surface area contributed by atoms with Crippen LogP contribution in [0.1, 0.15) is 12.5 Å². The SMILES string of the molecule is CCOc1ccc(C2=Nn3c(nnc3-c3cccc(F)c3)SC2)cc1Cl. The first-order valence-electron chi connectivity index (χ1n) is 8.00. The first-order chi connectivity index (χ1) is 12.7. The summed E-state index contributed by atoms with van der Waals surface area (Å²) in [6, 6.07) is 11.8. The molecule has 1 aliphatic heterocycles. The molecule has 4 rings (SSSR count). The van der Waals surface area contributed by atoms with Gasteiger partial charge in [0.2, 0.25) is 5.16 Å². The van der Waals surface area contributed by atoms with Crippen LogP contribution in [-0.4, -0.2) is 32.9 Å². The highest BCUT2D eigenvalue weighted by Gasteiger charge is 2.21. The second-order valence-corrected chi connectivity index (χ2v) is 6.89. The average Bonchev–Trinajstić information content (AvgIpc) is 3.07. The van der Waals surface area contributed by atoms with E-state index in [-0.39, 0.29) is 5.82 Å². The summed E-state index contributed by atoms with van der Waals surface area (Å²) < 4.78 is 20.7. The second-order valence-electron chi connectivity index (χ2n) is 5.54. The van der Waals surface area contributed by atoms with E-state index in [9.17, 15) is 4.39 Å². The maximum absolute atomic E-state index is 13.6. The number of rotatable bonds is 4. The van der Waals surface area contributed by atoms with E-state index in [0.717, 1.165) is 11.3 Å². The number of aromatic nitrogens is 3. The maximum Gasteiger partial charge on any atom is 0.212 e. The highest BCUT2D eigenvalue weighted by molar-refractivity contribution is 7.99. The van der Waals surface area contributed by atoms with Gasteiger partial charge < -0.3 is 4.74 Å². The number of nitrogens with zero attached hydrogens (tertiary/aromatic N) is 4. The minimum absolute atomic E-state index is 0.328. The van der Waals surface area contributed by atoms with Crippen LogP contribution in [0.2, 0.25) is 5.02 Å². The molecule has 0 amide bonds. The molecular formula is C18H14ClFN4OS. The van der Waals surface area contributed by atoms with E-state index in [1.807, 2.05) is 25.1 Å². The molecule has 26 heavy (non-hydrogen) atoms. The summed E-state index contributed by atoms with van der Waals surface area (Å²) in [4.78, 5) is 0. The van der Waals surface area contributed by atoms with Crippen LogP contribution in [0, 0.1) is 5.82 Å². The predicted molar refractivity (Wildman–Crippen MR) is 101 cm³/mol. The summed E-state index contributed by atoms with van der Waals surface area (Å²) in [6.45, 7) is 2.46. The van der Waals surface area contributed by atoms with Gasteiger partial charge in [-0.25, -0.2) is 4.39 Å². The number of thioether (sulfide) groups is 1. The standard InChI is InChI=1S/C18H14ClFN4OS/c1-2-25-16-7-6-11(9-14(16)19)15-10-26-18-22-21-17(24(18)23-15)12-4-3-5-13(20)8-12/h3-9H,2,10H2,1H3. The molecule has 0 saturated heterocycles. The molecule has 2 heterocycles. The summed E-state index contributed by atoms with van der Waals surface area (Å²) in [7, 11) is 0. The van der Waals surface area contributed by atoms with Gasteiger partial charge in [-0.2, -0.15) is 9.78 Å². The third kappa shape index (κ3) is 3.20. The number of hydrogen-bond donors (Lipinski definition) is 0. The molecule has 0 spiro atoms. The molecule has 0 fully saturated rings. The van der Waals surface area contributed by atoms with Crippen molar-refractivity contribution in [2.45, 2.75) is 12.1 Å². The number of fused-ring (bicyclic) bond motifs is 1. The van der Waals surface area contributed by atoms with Crippen LogP contribution in [0.25, 0.3) is 11.4 Å². The first kappa shape index (κ1) is 17.1. The topological polar surface area (TPSA) is 52.3 Å². The first-order valence-corrected chi connectivity index (χ1v) is 9.37. The highest BCUT2D eigenvalue weighted by Crippen LogP contribution is 2.31. The Hall–Kier alpha value is -2.38. The van der Waals surface area contributed by atoms with E-state index in [1.165, 1.54) is 23.9 Å². The van der Waals surface area contributed by atoms with Gasteiger partial charge in [0, 0.05) is 16.9 Å². The summed E-state index contributed by atoms with van der Waals surface area (Å²) in [5.41, 5.74) is 2.36. The zero-order valence-electron chi connectivity index (χ0n) is 13.8. The van der Waals surface area contributed by atoms with Gasteiger partial charge in [-0.3, -0.25) is 0 Å². The monoisotopic (exact) mass is 388 g/mol. The van der Waals surface area contributed by atoms with Gasteiger partial charge in [0.25, 0.3) is 0 Å². The van der Waals surface area contributed by atoms with E-state index in [1.54, 1.807) is 16.8 Å². The molecule has 3 aromatic rings. The van der Waals surface area contributed by atoms with E-state index in [0.29, 0.717) is 39.7 Å². The van der Waals surface area contributed by atoms with Crippen molar-refractivity contribution in [1.82, 2.24) is 14.9 Å². The van der Waals surface area contributed by atoms with Gasteiger partial charge in [0.05, 0.1) is 17.3 Å². The van der Waals surface area contributed by atoms with Gasteiger partial charge in [0.15, 0.2) is 5.82 Å². The number of hydrogen-bond acceptors (Lipinski definition) is 5. The zero-order chi connectivity index (χ0) is 18.1. The third-order valence-corrected chi connectivity index (χ3v) is 5.04. The van der Waals surface area contributed by atoms with Crippen LogP contribution in [0.15, 0.2) is 52.7 Å². The smallest absolute Gasteiger partial charge is 0.212 e. The zero-order valence-corrected chi connectivity index (χ0v) is 15.4. The molecule has 0 N–H and O–H groups in total. The fraction of sp³-hybridized carbons (Fsp3) is 0.167. The van der Waals surface area contributed by atoms with Gasteiger partial charge in [-0.1, -0.05) is 35.5 Å². The minimum atomic E-state index is -0.328. The largest absolute Gasteiger partial charge is 0.492 e. The van der Waals surface area contributed by atoms with Crippen LogP contribution in [0.4, 0.5) is 4.39 Å². The fourth-order valence-electron chi connectivity index (χ4n) is 2.63. The molecule has 1 aromatic heterocycles. The predicted octanol–water partition coefficient (Wildman–Crippen LogP) is 4.49. The molecule has 1 aliphatic rings. The van der Waals surface area contributed by atoms with E-state index >= 15 is 0 Å².